The lowest BCUT2D eigenvalue weighted by Gasteiger charge is -2.20. The number of carbonyl (C=O) groups excluding carboxylic acids is 1. The van der Waals surface area contributed by atoms with E-state index in [1.165, 1.54) is 0 Å². The average Bonchev–Trinajstić information content (AvgIpc) is 2.44. The smallest absolute Gasteiger partial charge is 0.224 e. The van der Waals surface area contributed by atoms with E-state index in [4.69, 9.17) is 15.6 Å². The van der Waals surface area contributed by atoms with Gasteiger partial charge >= 0.3 is 0 Å². The average molecular weight is 295 g/mol. The summed E-state index contributed by atoms with van der Waals surface area (Å²) in [6.45, 7) is 2.84. The molecule has 0 saturated heterocycles. The van der Waals surface area contributed by atoms with E-state index in [-0.39, 0.29) is 12.5 Å². The lowest BCUT2D eigenvalue weighted by atomic mass is 10.2. The summed E-state index contributed by atoms with van der Waals surface area (Å²) in [6.07, 6.45) is 1.17. The predicted octanol–water partition coefficient (Wildman–Crippen LogP) is 0.928. The van der Waals surface area contributed by atoms with Crippen LogP contribution in [-0.2, 0) is 9.53 Å². The maximum absolute atomic E-state index is 11.8. The minimum Gasteiger partial charge on any atom is -0.399 e. The minimum absolute atomic E-state index is 0.0312. The van der Waals surface area contributed by atoms with E-state index in [9.17, 15) is 4.79 Å². The molecule has 0 atom stereocenters. The maximum Gasteiger partial charge on any atom is 0.224 e. The van der Waals surface area contributed by atoms with E-state index >= 15 is 0 Å². The normalized spacial score (nSPS) is 10.8. The molecule has 1 rings (SSSR count). The van der Waals surface area contributed by atoms with Crippen LogP contribution in [0, 0.1) is 0 Å². The van der Waals surface area contributed by atoms with E-state index in [0.717, 1.165) is 19.5 Å². The van der Waals surface area contributed by atoms with Gasteiger partial charge in [0.25, 0.3) is 0 Å². The van der Waals surface area contributed by atoms with Crippen LogP contribution in [0.2, 0.25) is 0 Å². The van der Waals surface area contributed by atoms with Gasteiger partial charge in [-0.15, -0.1) is 0 Å². The number of hydrogen-bond donors (Lipinski definition) is 3. The molecule has 0 unspecified atom stereocenters. The first kappa shape index (κ1) is 17.4. The van der Waals surface area contributed by atoms with Gasteiger partial charge in [0, 0.05) is 38.0 Å². The van der Waals surface area contributed by atoms with E-state index in [1.54, 1.807) is 25.3 Å². The van der Waals surface area contributed by atoms with Gasteiger partial charge in [-0.25, -0.2) is 0 Å². The zero-order valence-corrected chi connectivity index (χ0v) is 12.5. The molecule has 6 nitrogen and oxygen atoms in total. The number of rotatable bonds is 10. The first-order valence-electron chi connectivity index (χ1n) is 7.13. The Bertz CT molecular complexity index is 426. The van der Waals surface area contributed by atoms with Gasteiger partial charge in [-0.1, -0.05) is 6.07 Å². The van der Waals surface area contributed by atoms with Crippen molar-refractivity contribution in [3.05, 3.63) is 24.3 Å². The van der Waals surface area contributed by atoms with E-state index < -0.39 is 0 Å². The molecule has 0 bridgehead atoms. The largest absolute Gasteiger partial charge is 0.399 e. The van der Waals surface area contributed by atoms with Gasteiger partial charge in [-0.3, -0.25) is 9.69 Å². The molecule has 0 aliphatic rings. The number of ether oxygens (including phenoxy) is 1. The fraction of sp³-hybridized carbons (Fsp3) is 0.533. The number of nitrogen functional groups attached to an aromatic ring is 1. The topological polar surface area (TPSA) is 87.8 Å². The third-order valence-corrected chi connectivity index (χ3v) is 3.08. The Morgan fingerprint density at radius 2 is 2.19 bits per heavy atom. The van der Waals surface area contributed by atoms with Crippen molar-refractivity contribution >= 4 is 17.3 Å². The van der Waals surface area contributed by atoms with Gasteiger partial charge in [0.2, 0.25) is 5.91 Å². The number of anilines is 2. The van der Waals surface area contributed by atoms with Gasteiger partial charge < -0.3 is 20.9 Å². The highest BCUT2D eigenvalue weighted by Crippen LogP contribution is 2.12. The second kappa shape index (κ2) is 10.1. The molecule has 0 aromatic heterocycles. The van der Waals surface area contributed by atoms with E-state index in [1.807, 2.05) is 6.07 Å². The first-order valence-corrected chi connectivity index (χ1v) is 7.13. The number of hydrogen-bond acceptors (Lipinski definition) is 5. The van der Waals surface area contributed by atoms with Crippen LogP contribution < -0.4 is 11.1 Å². The lowest BCUT2D eigenvalue weighted by molar-refractivity contribution is -0.116. The van der Waals surface area contributed by atoms with Crippen molar-refractivity contribution in [1.82, 2.24) is 4.90 Å². The van der Waals surface area contributed by atoms with Crippen molar-refractivity contribution in [3.8, 4) is 0 Å². The van der Waals surface area contributed by atoms with Gasteiger partial charge in [-0.2, -0.15) is 0 Å². The molecule has 0 saturated carbocycles. The Morgan fingerprint density at radius 3 is 2.86 bits per heavy atom. The Kier molecular flexibility index (Phi) is 8.42. The Balaban J connectivity index is 2.28. The van der Waals surface area contributed by atoms with Crippen molar-refractivity contribution in [3.63, 3.8) is 0 Å². The SMILES string of the molecule is COCCN(CCO)CCCC(=O)Nc1cccc(N)c1. The van der Waals surface area contributed by atoms with Crippen molar-refractivity contribution in [2.75, 3.05) is 51.0 Å². The molecule has 0 radical (unpaired) electrons. The number of nitrogens with one attached hydrogen (secondary N) is 1. The summed E-state index contributed by atoms with van der Waals surface area (Å²) < 4.78 is 5.02. The second-order valence-electron chi connectivity index (χ2n) is 4.84. The summed E-state index contributed by atoms with van der Waals surface area (Å²) in [6, 6.07) is 7.12. The highest BCUT2D eigenvalue weighted by Gasteiger charge is 2.07. The Morgan fingerprint density at radius 1 is 1.38 bits per heavy atom. The van der Waals surface area contributed by atoms with E-state index in [0.29, 0.717) is 30.9 Å². The molecule has 0 aliphatic heterocycles. The third kappa shape index (κ3) is 7.65. The molecule has 21 heavy (non-hydrogen) atoms. The molecule has 4 N–H and O–H groups in total. The zero-order valence-electron chi connectivity index (χ0n) is 12.5. The number of aliphatic hydroxyl groups excluding tert-OH is 1. The first-order chi connectivity index (χ1) is 10.2. The molecule has 0 spiro atoms. The van der Waals surface area contributed by atoms with Crippen LogP contribution in [0.15, 0.2) is 24.3 Å². The highest BCUT2D eigenvalue weighted by molar-refractivity contribution is 5.91. The van der Waals surface area contributed by atoms with Crippen molar-refractivity contribution in [2.45, 2.75) is 12.8 Å². The number of aliphatic hydroxyl groups is 1. The van der Waals surface area contributed by atoms with Crippen LogP contribution in [-0.4, -0.2) is 55.9 Å². The molecule has 0 aliphatic carbocycles. The van der Waals surface area contributed by atoms with Crippen LogP contribution in [0.5, 0.6) is 0 Å². The van der Waals surface area contributed by atoms with Crippen LogP contribution in [0.1, 0.15) is 12.8 Å². The Labute approximate surface area is 125 Å². The fourth-order valence-electron chi connectivity index (χ4n) is 2.00. The number of carbonyl (C=O) groups is 1. The summed E-state index contributed by atoms with van der Waals surface area (Å²) in [5.41, 5.74) is 7.00. The number of benzene rings is 1. The molecule has 0 fully saturated rings. The quantitative estimate of drug-likeness (QED) is 0.559. The lowest BCUT2D eigenvalue weighted by Crippen LogP contribution is -2.31. The number of methoxy groups -OCH3 is 1. The molecule has 0 heterocycles. The van der Waals surface area contributed by atoms with Crippen LogP contribution >= 0.6 is 0 Å². The summed E-state index contributed by atoms with van der Waals surface area (Å²) in [7, 11) is 1.65. The van der Waals surface area contributed by atoms with Gasteiger partial charge in [-0.05, 0) is 31.2 Å². The van der Waals surface area contributed by atoms with E-state index in [2.05, 4.69) is 10.2 Å². The monoisotopic (exact) mass is 295 g/mol. The zero-order chi connectivity index (χ0) is 15.5. The second-order valence-corrected chi connectivity index (χ2v) is 4.84. The molecule has 6 heteroatoms. The standard InChI is InChI=1S/C15H25N3O3/c1-21-11-9-18(8-10-19)7-3-6-15(20)17-14-5-2-4-13(16)12-14/h2,4-5,12,19H,3,6-11,16H2,1H3,(H,17,20). The summed E-state index contributed by atoms with van der Waals surface area (Å²) in [5, 5.41) is 11.8. The Hall–Kier alpha value is -1.63. The summed E-state index contributed by atoms with van der Waals surface area (Å²) in [5.74, 6) is -0.0312. The predicted molar refractivity (Wildman–Crippen MR) is 84.1 cm³/mol. The van der Waals surface area contributed by atoms with Crippen molar-refractivity contribution in [2.24, 2.45) is 0 Å². The maximum atomic E-state index is 11.8. The third-order valence-electron chi connectivity index (χ3n) is 3.08. The van der Waals surface area contributed by atoms with Crippen LogP contribution in [0.4, 0.5) is 11.4 Å². The fourth-order valence-corrected chi connectivity index (χ4v) is 2.00. The minimum atomic E-state index is -0.0312. The van der Waals surface area contributed by atoms with Crippen LogP contribution in [0.3, 0.4) is 0 Å². The number of amides is 1. The molecule has 1 aromatic rings. The molecular weight excluding hydrogens is 270 g/mol. The highest BCUT2D eigenvalue weighted by atomic mass is 16.5. The van der Waals surface area contributed by atoms with Crippen molar-refractivity contribution < 1.29 is 14.6 Å². The molecule has 118 valence electrons. The van der Waals surface area contributed by atoms with Gasteiger partial charge in [0.1, 0.15) is 0 Å². The summed E-state index contributed by atoms with van der Waals surface area (Å²) >= 11 is 0. The number of nitrogens with zero attached hydrogens (tertiary/aromatic N) is 1. The molecular formula is C15H25N3O3. The molecule has 1 amide bonds. The molecule has 1 aromatic carbocycles. The number of nitrogens with two attached hydrogens (primary N) is 1. The van der Waals surface area contributed by atoms with Gasteiger partial charge in [0.15, 0.2) is 0 Å². The van der Waals surface area contributed by atoms with Gasteiger partial charge in [0.05, 0.1) is 13.2 Å². The van der Waals surface area contributed by atoms with Crippen LogP contribution in [0.25, 0.3) is 0 Å². The van der Waals surface area contributed by atoms with Crippen molar-refractivity contribution in [1.29, 1.82) is 0 Å². The summed E-state index contributed by atoms with van der Waals surface area (Å²) in [4.78, 5) is 13.9.